The summed E-state index contributed by atoms with van der Waals surface area (Å²) in [6, 6.07) is 7.15. The van der Waals surface area contributed by atoms with Crippen molar-refractivity contribution < 1.29 is 4.79 Å². The molecule has 2 aromatic rings. The van der Waals surface area contributed by atoms with Crippen molar-refractivity contribution in [3.63, 3.8) is 0 Å². The van der Waals surface area contributed by atoms with Gasteiger partial charge >= 0.3 is 0 Å². The molecule has 0 atom stereocenters. The van der Waals surface area contributed by atoms with E-state index >= 15 is 0 Å². The van der Waals surface area contributed by atoms with Crippen molar-refractivity contribution in [1.82, 2.24) is 14.8 Å². The summed E-state index contributed by atoms with van der Waals surface area (Å²) < 4.78 is 1.91. The molecule has 0 aliphatic rings. The largest absolute Gasteiger partial charge is 0.324 e. The minimum Gasteiger partial charge on any atom is -0.324 e. The molecule has 1 heterocycles. The highest BCUT2D eigenvalue weighted by molar-refractivity contribution is 7.99. The standard InChI is InChI=1S/C14H17ClN4OS/c1-9(2)13-17-18-14(19(13)3)21-8-12(20)16-11-7-5-4-6-10(11)15/h4-7,9H,8H2,1-3H3,(H,16,20). The molecule has 0 radical (unpaired) electrons. The molecule has 0 saturated carbocycles. The lowest BCUT2D eigenvalue weighted by atomic mass is 10.2. The molecule has 2 rings (SSSR count). The predicted molar refractivity (Wildman–Crippen MR) is 85.9 cm³/mol. The number of benzene rings is 1. The van der Waals surface area contributed by atoms with Gasteiger partial charge in [-0.15, -0.1) is 10.2 Å². The van der Waals surface area contributed by atoms with Crippen molar-refractivity contribution in [3.05, 3.63) is 35.1 Å². The summed E-state index contributed by atoms with van der Waals surface area (Å²) in [6.45, 7) is 4.12. The van der Waals surface area contributed by atoms with E-state index in [4.69, 9.17) is 11.6 Å². The third kappa shape index (κ3) is 3.98. The Morgan fingerprint density at radius 3 is 2.71 bits per heavy atom. The van der Waals surface area contributed by atoms with E-state index in [1.165, 1.54) is 11.8 Å². The van der Waals surface area contributed by atoms with E-state index in [1.54, 1.807) is 12.1 Å². The highest BCUT2D eigenvalue weighted by atomic mass is 35.5. The van der Waals surface area contributed by atoms with Gasteiger partial charge in [-0.1, -0.05) is 49.3 Å². The van der Waals surface area contributed by atoms with Gasteiger partial charge in [0.1, 0.15) is 5.82 Å². The minimum absolute atomic E-state index is 0.123. The number of hydrogen-bond donors (Lipinski definition) is 1. The van der Waals surface area contributed by atoms with Crippen molar-refractivity contribution in [2.75, 3.05) is 11.1 Å². The SMILES string of the molecule is CC(C)c1nnc(SCC(=O)Nc2ccccc2Cl)n1C. The topological polar surface area (TPSA) is 59.8 Å². The van der Waals surface area contributed by atoms with Crippen LogP contribution in [0.5, 0.6) is 0 Å². The zero-order valence-electron chi connectivity index (χ0n) is 12.1. The van der Waals surface area contributed by atoms with E-state index in [9.17, 15) is 4.79 Å². The molecule has 0 aliphatic carbocycles. The van der Waals surface area contributed by atoms with Gasteiger partial charge in [0.25, 0.3) is 0 Å². The number of halogens is 1. The molecule has 0 spiro atoms. The van der Waals surface area contributed by atoms with Crippen LogP contribution < -0.4 is 5.32 Å². The third-order valence-electron chi connectivity index (χ3n) is 2.87. The maximum Gasteiger partial charge on any atom is 0.234 e. The molecule has 0 bridgehead atoms. The Kier molecular flexibility index (Phi) is 5.25. The third-order valence-corrected chi connectivity index (χ3v) is 4.22. The van der Waals surface area contributed by atoms with Gasteiger partial charge in [0.2, 0.25) is 5.91 Å². The molecule has 1 amide bonds. The van der Waals surface area contributed by atoms with E-state index in [-0.39, 0.29) is 11.7 Å². The van der Waals surface area contributed by atoms with Crippen LogP contribution in [-0.2, 0) is 11.8 Å². The number of aromatic nitrogens is 3. The van der Waals surface area contributed by atoms with Gasteiger partial charge < -0.3 is 9.88 Å². The van der Waals surface area contributed by atoms with Gasteiger partial charge in [0.15, 0.2) is 5.16 Å². The minimum atomic E-state index is -0.123. The molecule has 5 nitrogen and oxygen atoms in total. The summed E-state index contributed by atoms with van der Waals surface area (Å²) in [5.41, 5.74) is 0.616. The highest BCUT2D eigenvalue weighted by Gasteiger charge is 2.14. The summed E-state index contributed by atoms with van der Waals surface area (Å²) in [5.74, 6) is 1.34. The van der Waals surface area contributed by atoms with Crippen LogP contribution in [-0.4, -0.2) is 26.4 Å². The molecule has 21 heavy (non-hydrogen) atoms. The molecule has 1 N–H and O–H groups in total. The Balaban J connectivity index is 1.94. The summed E-state index contributed by atoms with van der Waals surface area (Å²) >= 11 is 7.35. The fourth-order valence-electron chi connectivity index (χ4n) is 1.83. The molecular weight excluding hydrogens is 308 g/mol. The van der Waals surface area contributed by atoms with E-state index < -0.39 is 0 Å². The normalized spacial score (nSPS) is 10.9. The summed E-state index contributed by atoms with van der Waals surface area (Å²) in [7, 11) is 1.91. The molecule has 1 aromatic heterocycles. The second kappa shape index (κ2) is 6.95. The van der Waals surface area contributed by atoms with Gasteiger partial charge in [0, 0.05) is 13.0 Å². The summed E-state index contributed by atoms with van der Waals surface area (Å²) in [5, 5.41) is 12.3. The number of rotatable bonds is 5. The number of thioether (sulfide) groups is 1. The number of anilines is 1. The lowest BCUT2D eigenvalue weighted by Crippen LogP contribution is -2.14. The number of carbonyl (C=O) groups excluding carboxylic acids is 1. The zero-order chi connectivity index (χ0) is 15.4. The van der Waals surface area contributed by atoms with Gasteiger partial charge in [-0.05, 0) is 12.1 Å². The van der Waals surface area contributed by atoms with Crippen molar-refractivity contribution in [3.8, 4) is 0 Å². The van der Waals surface area contributed by atoms with Crippen LogP contribution in [0.2, 0.25) is 5.02 Å². The van der Waals surface area contributed by atoms with Crippen LogP contribution >= 0.6 is 23.4 Å². The van der Waals surface area contributed by atoms with Crippen LogP contribution in [0.4, 0.5) is 5.69 Å². The molecule has 0 fully saturated rings. The van der Waals surface area contributed by atoms with Crippen LogP contribution in [0.3, 0.4) is 0 Å². The van der Waals surface area contributed by atoms with Crippen LogP contribution in [0.1, 0.15) is 25.6 Å². The second-order valence-electron chi connectivity index (χ2n) is 4.87. The van der Waals surface area contributed by atoms with Crippen molar-refractivity contribution in [2.45, 2.75) is 24.9 Å². The fraction of sp³-hybridized carbons (Fsp3) is 0.357. The van der Waals surface area contributed by atoms with E-state index in [2.05, 4.69) is 29.4 Å². The Labute approximate surface area is 133 Å². The predicted octanol–water partition coefficient (Wildman–Crippen LogP) is 3.32. The van der Waals surface area contributed by atoms with Gasteiger partial charge in [-0.2, -0.15) is 0 Å². The Hall–Kier alpha value is -1.53. The Bertz CT molecular complexity index is 642. The fourth-order valence-corrected chi connectivity index (χ4v) is 2.73. The first-order valence-electron chi connectivity index (χ1n) is 6.55. The molecular formula is C14H17ClN4OS. The van der Waals surface area contributed by atoms with Crippen molar-refractivity contribution >= 4 is 35.0 Å². The lowest BCUT2D eigenvalue weighted by Gasteiger charge is -2.07. The number of nitrogens with one attached hydrogen (secondary N) is 1. The van der Waals surface area contributed by atoms with E-state index in [1.807, 2.05) is 23.7 Å². The van der Waals surface area contributed by atoms with Gasteiger partial charge in [-0.25, -0.2) is 0 Å². The number of hydrogen-bond acceptors (Lipinski definition) is 4. The Morgan fingerprint density at radius 2 is 2.10 bits per heavy atom. The molecule has 0 aliphatic heterocycles. The monoisotopic (exact) mass is 324 g/mol. The summed E-state index contributed by atoms with van der Waals surface area (Å²) in [6.07, 6.45) is 0. The maximum absolute atomic E-state index is 11.9. The molecule has 0 saturated heterocycles. The van der Waals surface area contributed by atoms with Crippen molar-refractivity contribution in [1.29, 1.82) is 0 Å². The van der Waals surface area contributed by atoms with Crippen molar-refractivity contribution in [2.24, 2.45) is 7.05 Å². The zero-order valence-corrected chi connectivity index (χ0v) is 13.7. The Morgan fingerprint density at radius 1 is 1.38 bits per heavy atom. The highest BCUT2D eigenvalue weighted by Crippen LogP contribution is 2.22. The quantitative estimate of drug-likeness (QED) is 0.857. The number of para-hydroxylation sites is 1. The first-order valence-corrected chi connectivity index (χ1v) is 7.92. The average Bonchev–Trinajstić information content (AvgIpc) is 2.80. The van der Waals surface area contributed by atoms with Crippen LogP contribution in [0.25, 0.3) is 0 Å². The smallest absolute Gasteiger partial charge is 0.234 e. The number of nitrogens with zero attached hydrogens (tertiary/aromatic N) is 3. The molecule has 1 aromatic carbocycles. The number of amides is 1. The molecule has 112 valence electrons. The van der Waals surface area contributed by atoms with Crippen LogP contribution in [0.15, 0.2) is 29.4 Å². The average molecular weight is 325 g/mol. The molecule has 0 unspecified atom stereocenters. The van der Waals surface area contributed by atoms with Crippen LogP contribution in [0, 0.1) is 0 Å². The van der Waals surface area contributed by atoms with Gasteiger partial charge in [0.05, 0.1) is 16.5 Å². The van der Waals surface area contributed by atoms with Gasteiger partial charge in [-0.3, -0.25) is 4.79 Å². The maximum atomic E-state index is 11.9. The lowest BCUT2D eigenvalue weighted by molar-refractivity contribution is -0.113. The number of carbonyl (C=O) groups is 1. The first kappa shape index (κ1) is 15.9. The second-order valence-corrected chi connectivity index (χ2v) is 6.22. The summed E-state index contributed by atoms with van der Waals surface area (Å²) in [4.78, 5) is 11.9. The van der Waals surface area contributed by atoms with E-state index in [0.717, 1.165) is 11.0 Å². The molecule has 7 heteroatoms. The first-order chi connectivity index (χ1) is 9.99. The van der Waals surface area contributed by atoms with E-state index in [0.29, 0.717) is 16.6 Å².